The molecule has 1 aliphatic carbocycles. The second-order valence-electron chi connectivity index (χ2n) is 4.61. The SMILES string of the molecule is COC(=O)C1CCC(Nc2nc[nH]c(=O)c2I)CC1. The molecule has 0 aromatic carbocycles. The largest absolute Gasteiger partial charge is 0.469 e. The minimum absolute atomic E-state index is 0.00857. The van der Waals surface area contributed by atoms with E-state index >= 15 is 0 Å². The first kappa shape index (κ1) is 14.3. The fourth-order valence-corrected chi connectivity index (χ4v) is 2.77. The standard InChI is InChI=1S/C12H16IN3O3/c1-19-12(18)7-2-4-8(5-3-7)16-10-9(13)11(17)15-6-14-10/h6-8H,2-5H2,1H3,(H2,14,15,16,17). The molecule has 0 bridgehead atoms. The van der Waals surface area contributed by atoms with Crippen molar-refractivity contribution in [3.63, 3.8) is 0 Å². The topological polar surface area (TPSA) is 84.1 Å². The second-order valence-corrected chi connectivity index (χ2v) is 5.69. The lowest BCUT2D eigenvalue weighted by Gasteiger charge is -2.28. The molecule has 0 saturated heterocycles. The van der Waals surface area contributed by atoms with Crippen LogP contribution < -0.4 is 10.9 Å². The van der Waals surface area contributed by atoms with Gasteiger partial charge in [-0.3, -0.25) is 9.59 Å². The number of hydrogen-bond acceptors (Lipinski definition) is 5. The van der Waals surface area contributed by atoms with Gasteiger partial charge in [0.25, 0.3) is 5.56 Å². The van der Waals surface area contributed by atoms with Crippen molar-refractivity contribution in [3.05, 3.63) is 20.3 Å². The number of esters is 1. The minimum atomic E-state index is -0.138. The molecule has 104 valence electrons. The number of ether oxygens (including phenoxy) is 1. The van der Waals surface area contributed by atoms with Crippen molar-refractivity contribution in [2.75, 3.05) is 12.4 Å². The highest BCUT2D eigenvalue weighted by molar-refractivity contribution is 14.1. The highest BCUT2D eigenvalue weighted by Gasteiger charge is 2.27. The predicted octanol–water partition coefficient (Wildman–Crippen LogP) is 1.52. The van der Waals surface area contributed by atoms with Crippen LogP contribution in [0.5, 0.6) is 0 Å². The lowest BCUT2D eigenvalue weighted by Crippen LogP contribution is -2.31. The monoisotopic (exact) mass is 377 g/mol. The van der Waals surface area contributed by atoms with Gasteiger partial charge in [-0.1, -0.05) is 0 Å². The zero-order valence-electron chi connectivity index (χ0n) is 10.6. The van der Waals surface area contributed by atoms with Crippen molar-refractivity contribution in [2.24, 2.45) is 5.92 Å². The maximum Gasteiger partial charge on any atom is 0.308 e. The Morgan fingerprint density at radius 1 is 1.47 bits per heavy atom. The Hall–Kier alpha value is -1.12. The normalized spacial score (nSPS) is 22.8. The van der Waals surface area contributed by atoms with E-state index in [0.29, 0.717) is 9.39 Å². The van der Waals surface area contributed by atoms with E-state index in [2.05, 4.69) is 15.3 Å². The molecule has 0 aliphatic heterocycles. The fourth-order valence-electron chi connectivity index (χ4n) is 2.32. The van der Waals surface area contributed by atoms with E-state index in [4.69, 9.17) is 4.74 Å². The van der Waals surface area contributed by atoms with E-state index in [1.165, 1.54) is 13.4 Å². The van der Waals surface area contributed by atoms with Crippen LogP contribution in [0.4, 0.5) is 5.82 Å². The average molecular weight is 377 g/mol. The van der Waals surface area contributed by atoms with Crippen LogP contribution in [0.2, 0.25) is 0 Å². The van der Waals surface area contributed by atoms with Gasteiger partial charge in [-0.25, -0.2) is 4.98 Å². The van der Waals surface area contributed by atoms with Crippen molar-refractivity contribution in [1.82, 2.24) is 9.97 Å². The van der Waals surface area contributed by atoms with Crippen LogP contribution in [0.25, 0.3) is 0 Å². The van der Waals surface area contributed by atoms with Gasteiger partial charge in [0.05, 0.1) is 19.4 Å². The van der Waals surface area contributed by atoms with Crippen molar-refractivity contribution in [1.29, 1.82) is 0 Å². The highest BCUT2D eigenvalue weighted by atomic mass is 127. The molecule has 1 saturated carbocycles. The van der Waals surface area contributed by atoms with Gasteiger partial charge < -0.3 is 15.0 Å². The number of carbonyl (C=O) groups excluding carboxylic acids is 1. The zero-order chi connectivity index (χ0) is 13.8. The number of anilines is 1. The summed E-state index contributed by atoms with van der Waals surface area (Å²) in [6.45, 7) is 0. The lowest BCUT2D eigenvalue weighted by atomic mass is 9.86. The molecule has 2 N–H and O–H groups in total. The summed E-state index contributed by atoms with van der Waals surface area (Å²) >= 11 is 1.98. The number of rotatable bonds is 3. The molecule has 0 atom stereocenters. The maximum absolute atomic E-state index is 11.5. The first-order valence-electron chi connectivity index (χ1n) is 6.19. The number of methoxy groups -OCH3 is 1. The second kappa shape index (κ2) is 6.36. The molecule has 1 aromatic rings. The third kappa shape index (κ3) is 3.46. The summed E-state index contributed by atoms with van der Waals surface area (Å²) in [5.41, 5.74) is -0.138. The van der Waals surface area contributed by atoms with E-state index in [-0.39, 0.29) is 23.5 Å². The number of aromatic nitrogens is 2. The van der Waals surface area contributed by atoms with Gasteiger partial charge in [0.15, 0.2) is 0 Å². The van der Waals surface area contributed by atoms with Crippen molar-refractivity contribution < 1.29 is 9.53 Å². The van der Waals surface area contributed by atoms with Crippen molar-refractivity contribution >= 4 is 34.4 Å². The van der Waals surface area contributed by atoms with E-state index in [1.807, 2.05) is 22.6 Å². The van der Waals surface area contributed by atoms with Crippen LogP contribution in [0.15, 0.2) is 11.1 Å². The molecule has 2 rings (SSSR count). The van der Waals surface area contributed by atoms with Gasteiger partial charge in [0.1, 0.15) is 9.39 Å². The van der Waals surface area contributed by atoms with Crippen LogP contribution in [0.1, 0.15) is 25.7 Å². The first-order valence-corrected chi connectivity index (χ1v) is 7.27. The smallest absolute Gasteiger partial charge is 0.308 e. The molecule has 1 fully saturated rings. The third-order valence-electron chi connectivity index (χ3n) is 3.40. The summed E-state index contributed by atoms with van der Waals surface area (Å²) < 4.78 is 5.32. The van der Waals surface area contributed by atoms with Crippen molar-refractivity contribution in [2.45, 2.75) is 31.7 Å². The fraction of sp³-hybridized carbons (Fsp3) is 0.583. The summed E-state index contributed by atoms with van der Waals surface area (Å²) in [6.07, 6.45) is 4.77. The number of nitrogens with zero attached hydrogens (tertiary/aromatic N) is 1. The Morgan fingerprint density at radius 2 is 2.16 bits per heavy atom. The summed E-state index contributed by atoms with van der Waals surface area (Å²) in [5.74, 6) is 0.502. The van der Waals surface area contributed by atoms with Crippen molar-refractivity contribution in [3.8, 4) is 0 Å². The molecule has 1 aliphatic rings. The molecule has 19 heavy (non-hydrogen) atoms. The Kier molecular flexibility index (Phi) is 4.78. The molecule has 6 nitrogen and oxygen atoms in total. The summed E-state index contributed by atoms with van der Waals surface area (Å²) in [6, 6.07) is 0.253. The van der Waals surface area contributed by atoms with Crippen LogP contribution in [-0.2, 0) is 9.53 Å². The van der Waals surface area contributed by atoms with E-state index in [1.54, 1.807) is 0 Å². The molecule has 1 aromatic heterocycles. The molecule has 0 radical (unpaired) electrons. The van der Waals surface area contributed by atoms with Gasteiger partial charge in [0.2, 0.25) is 0 Å². The number of halogens is 1. The maximum atomic E-state index is 11.5. The molecule has 0 amide bonds. The third-order valence-corrected chi connectivity index (χ3v) is 4.40. The summed E-state index contributed by atoms with van der Waals surface area (Å²) in [4.78, 5) is 29.6. The lowest BCUT2D eigenvalue weighted by molar-refractivity contribution is -0.146. The molecule has 7 heteroatoms. The predicted molar refractivity (Wildman–Crippen MR) is 79.0 cm³/mol. The molecular formula is C12H16IN3O3. The van der Waals surface area contributed by atoms with Crippen LogP contribution in [-0.4, -0.2) is 29.1 Å². The Bertz CT molecular complexity index is 509. The van der Waals surface area contributed by atoms with E-state index in [0.717, 1.165) is 25.7 Å². The molecular weight excluding hydrogens is 361 g/mol. The average Bonchev–Trinajstić information content (AvgIpc) is 2.44. The van der Waals surface area contributed by atoms with Gasteiger partial charge in [-0.15, -0.1) is 0 Å². The quantitative estimate of drug-likeness (QED) is 0.617. The Balaban J connectivity index is 1.94. The number of H-pyrrole nitrogens is 1. The molecule has 1 heterocycles. The summed E-state index contributed by atoms with van der Waals surface area (Å²) in [5, 5.41) is 3.28. The van der Waals surface area contributed by atoms with Crippen LogP contribution >= 0.6 is 22.6 Å². The molecule has 0 unspecified atom stereocenters. The van der Waals surface area contributed by atoms with Crippen LogP contribution in [0.3, 0.4) is 0 Å². The molecule has 0 spiro atoms. The number of nitrogens with one attached hydrogen (secondary N) is 2. The summed E-state index contributed by atoms with van der Waals surface area (Å²) in [7, 11) is 1.43. The number of aromatic amines is 1. The van der Waals surface area contributed by atoms with Gasteiger partial charge >= 0.3 is 5.97 Å². The van der Waals surface area contributed by atoms with E-state index < -0.39 is 0 Å². The van der Waals surface area contributed by atoms with E-state index in [9.17, 15) is 9.59 Å². The number of hydrogen-bond donors (Lipinski definition) is 2. The zero-order valence-corrected chi connectivity index (χ0v) is 12.8. The highest BCUT2D eigenvalue weighted by Crippen LogP contribution is 2.27. The Morgan fingerprint density at radius 3 is 2.79 bits per heavy atom. The van der Waals surface area contributed by atoms with Gasteiger partial charge in [0, 0.05) is 6.04 Å². The number of carbonyl (C=O) groups is 1. The first-order chi connectivity index (χ1) is 9.11. The van der Waals surface area contributed by atoms with Crippen LogP contribution in [0, 0.1) is 9.49 Å². The van der Waals surface area contributed by atoms with Gasteiger partial charge in [-0.2, -0.15) is 0 Å². The Labute approximate surface area is 124 Å². The van der Waals surface area contributed by atoms with Gasteiger partial charge in [-0.05, 0) is 48.3 Å². The minimum Gasteiger partial charge on any atom is -0.469 e.